The zero-order valence-corrected chi connectivity index (χ0v) is 17.8. The number of hydrogen-bond acceptors (Lipinski definition) is 9. The van der Waals surface area contributed by atoms with E-state index in [1.807, 2.05) is 13.8 Å². The van der Waals surface area contributed by atoms with Gasteiger partial charge in [-0.3, -0.25) is 9.13 Å². The van der Waals surface area contributed by atoms with Crippen molar-refractivity contribution >= 4 is 30.1 Å². The van der Waals surface area contributed by atoms with E-state index >= 15 is 0 Å². The van der Waals surface area contributed by atoms with E-state index in [1.165, 1.54) is 14.2 Å². The summed E-state index contributed by atoms with van der Waals surface area (Å²) in [6, 6.07) is 0. The molecule has 0 saturated carbocycles. The van der Waals surface area contributed by atoms with E-state index in [2.05, 4.69) is 4.52 Å². The van der Waals surface area contributed by atoms with Crippen LogP contribution in [0.15, 0.2) is 0 Å². The van der Waals surface area contributed by atoms with E-state index in [0.717, 1.165) is 0 Å². The summed E-state index contributed by atoms with van der Waals surface area (Å²) < 4.78 is 61.5. The van der Waals surface area contributed by atoms with Crippen molar-refractivity contribution < 1.29 is 41.4 Å². The van der Waals surface area contributed by atoms with Gasteiger partial charge in [0.1, 0.15) is 12.2 Å². The lowest BCUT2D eigenvalue weighted by Crippen LogP contribution is -2.30. The Labute approximate surface area is 162 Å². The number of ether oxygens (including phenoxy) is 3. The molecule has 2 rings (SSSR count). The minimum absolute atomic E-state index is 0.0697. The molecule has 0 spiro atoms. The van der Waals surface area contributed by atoms with Gasteiger partial charge in [0.05, 0.1) is 37.6 Å². The third-order valence-corrected chi connectivity index (χ3v) is 6.49. The van der Waals surface area contributed by atoms with Crippen LogP contribution in [0, 0.1) is 0 Å². The average Bonchev–Trinajstić information content (AvgIpc) is 3.07. The summed E-state index contributed by atoms with van der Waals surface area (Å²) in [5.41, 5.74) is 0. The van der Waals surface area contributed by atoms with Gasteiger partial charge in [-0.15, -0.1) is 0 Å². The standard InChI is InChI=1S/C14H26B2O9P2/c1-9-5-11(13(22-9)7-19-3)25-27(16,18)21-8-14-12(6-10(2)23-14)24-26(15,17)20-4/h9-14H,5-8H2,1-4H3/t9-,10-,11+,12+,13+,14+,26?,27?/m0/s1. The maximum absolute atomic E-state index is 12.5. The van der Waals surface area contributed by atoms with Gasteiger partial charge < -0.3 is 32.3 Å². The first-order valence-corrected chi connectivity index (χ1v) is 11.9. The lowest BCUT2D eigenvalue weighted by atomic mass is 10.1. The first-order valence-electron chi connectivity index (χ1n) is 8.69. The van der Waals surface area contributed by atoms with Gasteiger partial charge >= 0.3 is 0 Å². The van der Waals surface area contributed by atoms with Crippen molar-refractivity contribution in [3.63, 3.8) is 0 Å². The van der Waals surface area contributed by atoms with Gasteiger partial charge in [-0.05, 0) is 13.8 Å². The Morgan fingerprint density at radius 1 is 0.889 bits per heavy atom. The molecule has 0 aliphatic carbocycles. The molecular formula is C14H26B2O9P2. The fourth-order valence-electron chi connectivity index (χ4n) is 3.15. The van der Waals surface area contributed by atoms with E-state index in [-0.39, 0.29) is 31.5 Å². The molecule has 2 unspecified atom stereocenters. The third-order valence-electron chi connectivity index (χ3n) is 4.34. The predicted octanol–water partition coefficient (Wildman–Crippen LogP) is 1.97. The van der Waals surface area contributed by atoms with Crippen molar-refractivity contribution in [2.75, 3.05) is 27.4 Å². The molecule has 8 atom stereocenters. The molecule has 2 aliphatic heterocycles. The topological polar surface area (TPSA) is 98.8 Å². The molecule has 0 bridgehead atoms. The molecule has 9 nitrogen and oxygen atoms in total. The van der Waals surface area contributed by atoms with Crippen LogP contribution in [0.25, 0.3) is 0 Å². The Balaban J connectivity index is 1.91. The molecule has 13 heteroatoms. The lowest BCUT2D eigenvalue weighted by molar-refractivity contribution is -0.0306. The summed E-state index contributed by atoms with van der Waals surface area (Å²) in [6.45, 7) is 3.81. The lowest BCUT2D eigenvalue weighted by Gasteiger charge is -2.26. The van der Waals surface area contributed by atoms with Crippen LogP contribution in [0.4, 0.5) is 0 Å². The minimum Gasteiger partial charge on any atom is -0.382 e. The highest BCUT2D eigenvalue weighted by molar-refractivity contribution is 7.79. The van der Waals surface area contributed by atoms with Crippen LogP contribution >= 0.6 is 14.9 Å². The summed E-state index contributed by atoms with van der Waals surface area (Å²) in [7, 11) is 6.31. The molecule has 0 N–H and O–H groups in total. The monoisotopic (exact) mass is 422 g/mol. The number of methoxy groups -OCH3 is 1. The smallest absolute Gasteiger partial charge is 0.264 e. The number of rotatable bonds is 10. The molecule has 0 aromatic heterocycles. The quantitative estimate of drug-likeness (QED) is 0.387. The fourth-order valence-corrected chi connectivity index (χ4v) is 4.85. The first kappa shape index (κ1) is 23.6. The molecule has 152 valence electrons. The second kappa shape index (κ2) is 9.88. The van der Waals surface area contributed by atoms with Crippen LogP contribution in [0.3, 0.4) is 0 Å². The van der Waals surface area contributed by atoms with E-state index in [9.17, 15) is 9.13 Å². The largest absolute Gasteiger partial charge is 0.382 e. The Bertz CT molecular complexity index is 581. The van der Waals surface area contributed by atoms with Gasteiger partial charge in [-0.1, -0.05) is 0 Å². The van der Waals surface area contributed by atoms with Crippen LogP contribution in [0.2, 0.25) is 0 Å². The summed E-state index contributed by atoms with van der Waals surface area (Å²) in [6.07, 6.45) is -1.51. The van der Waals surface area contributed by atoms with Crippen LogP contribution in [-0.2, 0) is 41.4 Å². The maximum atomic E-state index is 12.5. The predicted molar refractivity (Wildman–Crippen MR) is 99.2 cm³/mol. The zero-order valence-electron chi connectivity index (χ0n) is 16.0. The molecule has 2 heterocycles. The van der Waals surface area contributed by atoms with Crippen molar-refractivity contribution in [3.05, 3.63) is 0 Å². The number of hydrogen-bond donors (Lipinski definition) is 0. The van der Waals surface area contributed by atoms with E-state index < -0.39 is 33.3 Å². The second-order valence-electron chi connectivity index (χ2n) is 6.74. The van der Waals surface area contributed by atoms with Crippen LogP contribution < -0.4 is 0 Å². The Hall–Kier alpha value is 0.310. The average molecular weight is 422 g/mol. The Morgan fingerprint density at radius 3 is 1.85 bits per heavy atom. The molecule has 2 aliphatic rings. The first-order chi connectivity index (χ1) is 12.5. The molecule has 0 amide bonds. The Kier molecular flexibility index (Phi) is 8.63. The summed E-state index contributed by atoms with van der Waals surface area (Å²) in [5, 5.41) is 0. The van der Waals surface area contributed by atoms with Gasteiger partial charge in [-0.25, -0.2) is 0 Å². The van der Waals surface area contributed by atoms with E-state index in [0.29, 0.717) is 12.8 Å². The van der Waals surface area contributed by atoms with Gasteiger partial charge in [0.2, 0.25) is 15.1 Å². The molecule has 0 aromatic carbocycles. The summed E-state index contributed by atoms with van der Waals surface area (Å²) in [5.74, 6) is 0. The van der Waals surface area contributed by atoms with Crippen LogP contribution in [0.5, 0.6) is 0 Å². The molecule has 4 radical (unpaired) electrons. The van der Waals surface area contributed by atoms with Crippen molar-refractivity contribution in [1.29, 1.82) is 0 Å². The second-order valence-corrected chi connectivity index (χ2v) is 9.95. The molecule has 2 fully saturated rings. The van der Waals surface area contributed by atoms with Crippen molar-refractivity contribution in [1.82, 2.24) is 0 Å². The van der Waals surface area contributed by atoms with Crippen LogP contribution in [-0.4, -0.2) is 79.2 Å². The van der Waals surface area contributed by atoms with Gasteiger partial charge in [0.15, 0.2) is 0 Å². The van der Waals surface area contributed by atoms with Crippen LogP contribution in [0.1, 0.15) is 26.7 Å². The summed E-state index contributed by atoms with van der Waals surface area (Å²) in [4.78, 5) is 0. The molecule has 2 saturated heterocycles. The van der Waals surface area contributed by atoms with Crippen molar-refractivity contribution in [3.8, 4) is 0 Å². The Morgan fingerprint density at radius 2 is 1.37 bits per heavy atom. The fraction of sp³-hybridized carbons (Fsp3) is 1.00. The normalized spacial score (nSPS) is 38.5. The van der Waals surface area contributed by atoms with E-state index in [1.54, 1.807) is 0 Å². The maximum Gasteiger partial charge on any atom is 0.264 e. The van der Waals surface area contributed by atoms with Crippen molar-refractivity contribution in [2.24, 2.45) is 0 Å². The third kappa shape index (κ3) is 7.25. The van der Waals surface area contributed by atoms with Gasteiger partial charge in [0.25, 0.3) is 14.9 Å². The van der Waals surface area contributed by atoms with Crippen molar-refractivity contribution in [2.45, 2.75) is 63.3 Å². The molecule has 27 heavy (non-hydrogen) atoms. The highest BCUT2D eigenvalue weighted by Crippen LogP contribution is 2.49. The SMILES string of the molecule is [B]P(=O)(OC)O[C@@H]1C[C@H](C)O[C@@H]1COP([B])(=O)O[C@@H]1C[C@H](C)O[C@@H]1COC. The zero-order chi connectivity index (χ0) is 20.2. The minimum atomic E-state index is -3.89. The molecule has 0 aromatic rings. The van der Waals surface area contributed by atoms with E-state index in [4.69, 9.17) is 42.9 Å². The van der Waals surface area contributed by atoms with Gasteiger partial charge in [-0.2, -0.15) is 0 Å². The highest BCUT2D eigenvalue weighted by Gasteiger charge is 2.40. The summed E-state index contributed by atoms with van der Waals surface area (Å²) >= 11 is 0. The molecular weight excluding hydrogens is 396 g/mol. The van der Waals surface area contributed by atoms with Gasteiger partial charge in [0, 0.05) is 27.1 Å². The highest BCUT2D eigenvalue weighted by atomic mass is 31.2.